The summed E-state index contributed by atoms with van der Waals surface area (Å²) in [5.41, 5.74) is 5.91. The van der Waals surface area contributed by atoms with Crippen LogP contribution in [0.3, 0.4) is 0 Å². The normalized spacial score (nSPS) is 23.9. The van der Waals surface area contributed by atoms with E-state index in [9.17, 15) is 0 Å². The minimum absolute atomic E-state index is 0.381. The Kier molecular flexibility index (Phi) is 3.16. The third-order valence-electron chi connectivity index (χ3n) is 2.78. The molecule has 2 N–H and O–H groups in total. The molecule has 1 atom stereocenters. The Labute approximate surface area is 84.7 Å². The van der Waals surface area contributed by atoms with E-state index in [0.29, 0.717) is 6.04 Å². The number of nitrogens with zero attached hydrogens (tertiary/aromatic N) is 3. The van der Waals surface area contributed by atoms with Crippen molar-refractivity contribution in [2.45, 2.75) is 25.4 Å². The van der Waals surface area contributed by atoms with E-state index in [1.54, 1.807) is 0 Å². The summed E-state index contributed by atoms with van der Waals surface area (Å²) in [6.45, 7) is 4.36. The van der Waals surface area contributed by atoms with Gasteiger partial charge in [-0.15, -0.1) is 0 Å². The van der Waals surface area contributed by atoms with E-state index in [1.807, 2.05) is 18.7 Å². The van der Waals surface area contributed by atoms with Gasteiger partial charge < -0.3 is 15.2 Å². The Morgan fingerprint density at radius 3 is 3.07 bits per heavy atom. The van der Waals surface area contributed by atoms with Crippen LogP contribution in [-0.2, 0) is 6.54 Å². The van der Waals surface area contributed by atoms with E-state index < -0.39 is 0 Å². The summed E-state index contributed by atoms with van der Waals surface area (Å²) in [5.74, 6) is 0. The van der Waals surface area contributed by atoms with Gasteiger partial charge in [0.25, 0.3) is 0 Å². The average molecular weight is 194 g/mol. The molecule has 1 aromatic rings. The molecule has 4 heteroatoms. The maximum absolute atomic E-state index is 5.91. The van der Waals surface area contributed by atoms with Gasteiger partial charge in [0.05, 0.1) is 6.33 Å². The largest absolute Gasteiger partial charge is 0.336 e. The minimum atomic E-state index is 0.381. The molecular weight excluding hydrogens is 176 g/mol. The van der Waals surface area contributed by atoms with Gasteiger partial charge in [-0.05, 0) is 19.4 Å². The van der Waals surface area contributed by atoms with Crippen molar-refractivity contribution in [2.24, 2.45) is 5.73 Å². The van der Waals surface area contributed by atoms with Gasteiger partial charge in [-0.3, -0.25) is 0 Å². The van der Waals surface area contributed by atoms with Crippen LogP contribution in [0.2, 0.25) is 0 Å². The fraction of sp³-hybridized carbons (Fsp3) is 0.700. The van der Waals surface area contributed by atoms with Crippen LogP contribution in [0.5, 0.6) is 0 Å². The molecule has 2 heterocycles. The molecule has 0 bridgehead atoms. The molecule has 1 aliphatic rings. The molecule has 0 saturated carbocycles. The van der Waals surface area contributed by atoms with Gasteiger partial charge in [0.1, 0.15) is 0 Å². The smallest absolute Gasteiger partial charge is 0.0946 e. The molecule has 1 aliphatic heterocycles. The van der Waals surface area contributed by atoms with E-state index >= 15 is 0 Å². The third-order valence-corrected chi connectivity index (χ3v) is 2.78. The van der Waals surface area contributed by atoms with Crippen molar-refractivity contribution in [3.63, 3.8) is 0 Å². The third kappa shape index (κ3) is 2.56. The lowest BCUT2D eigenvalue weighted by Gasteiger charge is -2.30. The maximum atomic E-state index is 5.91. The molecule has 4 nitrogen and oxygen atoms in total. The van der Waals surface area contributed by atoms with Gasteiger partial charge in [0.15, 0.2) is 0 Å². The summed E-state index contributed by atoms with van der Waals surface area (Å²) >= 11 is 0. The number of piperidine rings is 1. The first-order chi connectivity index (χ1) is 6.84. The zero-order chi connectivity index (χ0) is 9.80. The predicted molar refractivity (Wildman–Crippen MR) is 55.9 cm³/mol. The second-order valence-electron chi connectivity index (χ2n) is 4.00. The summed E-state index contributed by atoms with van der Waals surface area (Å²) in [6, 6.07) is 0.381. The Bertz CT molecular complexity index is 257. The molecule has 14 heavy (non-hydrogen) atoms. The summed E-state index contributed by atoms with van der Waals surface area (Å²) in [6.07, 6.45) is 8.11. The highest BCUT2D eigenvalue weighted by Crippen LogP contribution is 2.07. The maximum Gasteiger partial charge on any atom is 0.0946 e. The number of nitrogens with two attached hydrogens (primary N) is 1. The summed E-state index contributed by atoms with van der Waals surface area (Å²) < 4.78 is 2.11. The van der Waals surface area contributed by atoms with Crippen LogP contribution in [0, 0.1) is 0 Å². The molecule has 0 spiro atoms. The van der Waals surface area contributed by atoms with E-state index in [1.165, 1.54) is 19.4 Å². The van der Waals surface area contributed by atoms with Gasteiger partial charge in [-0.2, -0.15) is 0 Å². The van der Waals surface area contributed by atoms with Gasteiger partial charge in [-0.25, -0.2) is 4.98 Å². The minimum Gasteiger partial charge on any atom is -0.336 e. The number of imidazole rings is 1. The van der Waals surface area contributed by atoms with Crippen LogP contribution in [-0.4, -0.2) is 40.1 Å². The lowest BCUT2D eigenvalue weighted by atomic mass is 10.1. The van der Waals surface area contributed by atoms with E-state index in [4.69, 9.17) is 5.73 Å². The van der Waals surface area contributed by atoms with Gasteiger partial charge in [-0.1, -0.05) is 0 Å². The monoisotopic (exact) mass is 194 g/mol. The number of hydrogen-bond donors (Lipinski definition) is 1. The molecule has 0 amide bonds. The Morgan fingerprint density at radius 1 is 1.43 bits per heavy atom. The highest BCUT2D eigenvalue weighted by Gasteiger charge is 2.15. The SMILES string of the molecule is N[C@@H]1CCCN(CCn2ccnc2)C1. The van der Waals surface area contributed by atoms with Crippen molar-refractivity contribution in [3.05, 3.63) is 18.7 Å². The summed E-state index contributed by atoms with van der Waals surface area (Å²) in [7, 11) is 0. The van der Waals surface area contributed by atoms with Gasteiger partial charge >= 0.3 is 0 Å². The van der Waals surface area contributed by atoms with Crippen molar-refractivity contribution < 1.29 is 0 Å². The predicted octanol–water partition coefficient (Wildman–Crippen LogP) is 0.306. The Morgan fingerprint density at radius 2 is 2.36 bits per heavy atom. The molecule has 78 valence electrons. The topological polar surface area (TPSA) is 47.1 Å². The van der Waals surface area contributed by atoms with Crippen LogP contribution in [0.1, 0.15) is 12.8 Å². The van der Waals surface area contributed by atoms with Crippen LogP contribution >= 0.6 is 0 Å². The molecule has 1 fully saturated rings. The van der Waals surface area contributed by atoms with Crippen molar-refractivity contribution >= 4 is 0 Å². The van der Waals surface area contributed by atoms with Crippen molar-refractivity contribution in [2.75, 3.05) is 19.6 Å². The quantitative estimate of drug-likeness (QED) is 0.753. The fourth-order valence-corrected chi connectivity index (χ4v) is 1.97. The van der Waals surface area contributed by atoms with Crippen LogP contribution in [0.25, 0.3) is 0 Å². The van der Waals surface area contributed by atoms with Crippen LogP contribution < -0.4 is 5.73 Å². The molecule has 0 radical (unpaired) electrons. The van der Waals surface area contributed by atoms with Crippen molar-refractivity contribution in [3.8, 4) is 0 Å². The zero-order valence-corrected chi connectivity index (χ0v) is 8.47. The summed E-state index contributed by atoms with van der Waals surface area (Å²) in [4.78, 5) is 6.46. The lowest BCUT2D eigenvalue weighted by molar-refractivity contribution is 0.202. The number of likely N-dealkylation sites (tertiary alicyclic amines) is 1. The lowest BCUT2D eigenvalue weighted by Crippen LogP contribution is -2.43. The molecule has 0 aliphatic carbocycles. The van der Waals surface area contributed by atoms with Gasteiger partial charge in [0.2, 0.25) is 0 Å². The average Bonchev–Trinajstić information content (AvgIpc) is 2.67. The number of hydrogen-bond acceptors (Lipinski definition) is 3. The molecule has 2 rings (SSSR count). The zero-order valence-electron chi connectivity index (χ0n) is 8.47. The summed E-state index contributed by atoms with van der Waals surface area (Å²) in [5, 5.41) is 0. The molecule has 1 saturated heterocycles. The molecular formula is C10H18N4. The Balaban J connectivity index is 1.75. The first-order valence-corrected chi connectivity index (χ1v) is 5.28. The second-order valence-corrected chi connectivity index (χ2v) is 4.00. The Hall–Kier alpha value is -0.870. The first kappa shape index (κ1) is 9.68. The molecule has 1 aromatic heterocycles. The van der Waals surface area contributed by atoms with Crippen LogP contribution in [0.4, 0.5) is 0 Å². The van der Waals surface area contributed by atoms with E-state index in [2.05, 4.69) is 14.5 Å². The molecule has 0 aromatic carbocycles. The first-order valence-electron chi connectivity index (χ1n) is 5.28. The fourth-order valence-electron chi connectivity index (χ4n) is 1.97. The van der Waals surface area contributed by atoms with E-state index in [-0.39, 0.29) is 0 Å². The van der Waals surface area contributed by atoms with Gasteiger partial charge in [0, 0.05) is 38.1 Å². The van der Waals surface area contributed by atoms with Crippen LogP contribution in [0.15, 0.2) is 18.7 Å². The second kappa shape index (κ2) is 4.57. The van der Waals surface area contributed by atoms with Crippen molar-refractivity contribution in [1.82, 2.24) is 14.5 Å². The highest BCUT2D eigenvalue weighted by atomic mass is 15.2. The number of rotatable bonds is 3. The highest BCUT2D eigenvalue weighted by molar-refractivity contribution is 4.77. The van der Waals surface area contributed by atoms with E-state index in [0.717, 1.165) is 19.6 Å². The number of aromatic nitrogens is 2. The molecule has 0 unspecified atom stereocenters. The van der Waals surface area contributed by atoms with Crippen molar-refractivity contribution in [1.29, 1.82) is 0 Å². The standard InChI is InChI=1S/C10H18N4/c11-10-2-1-4-13(8-10)6-7-14-5-3-12-9-14/h3,5,9-10H,1-2,4,6-8,11H2/t10-/m1/s1.